The monoisotopic (exact) mass is 327 g/mol. The number of carbonyl (C=O) groups excluding carboxylic acids is 1. The summed E-state index contributed by atoms with van der Waals surface area (Å²) in [6, 6.07) is 9.64. The van der Waals surface area contributed by atoms with Gasteiger partial charge in [-0.1, -0.05) is 30.3 Å². The fourth-order valence-corrected chi connectivity index (χ4v) is 2.61. The highest BCUT2D eigenvalue weighted by atomic mass is 16.5. The molecule has 1 N–H and O–H groups in total. The molecule has 1 aliphatic heterocycles. The number of carbonyl (C=O) groups is 1. The Morgan fingerprint density at radius 2 is 1.96 bits per heavy atom. The van der Waals surface area contributed by atoms with Gasteiger partial charge < -0.3 is 19.9 Å². The lowest BCUT2D eigenvalue weighted by molar-refractivity contribution is 0.0148. The van der Waals surface area contributed by atoms with Crippen molar-refractivity contribution in [2.75, 3.05) is 44.1 Å². The molecule has 7 heteroatoms. The molecule has 126 valence electrons. The van der Waals surface area contributed by atoms with Crippen molar-refractivity contribution in [3.05, 3.63) is 48.3 Å². The molecule has 1 atom stereocenters. The SMILES string of the molecule is CN(C)c1ncc(NC(=O)N2CCOCC2c2ccccc2)cn1. The van der Waals surface area contributed by atoms with Crippen LogP contribution < -0.4 is 10.2 Å². The second-order valence-corrected chi connectivity index (χ2v) is 5.79. The number of anilines is 2. The van der Waals surface area contributed by atoms with Gasteiger partial charge in [0.15, 0.2) is 0 Å². The van der Waals surface area contributed by atoms with Crippen molar-refractivity contribution in [2.24, 2.45) is 0 Å². The van der Waals surface area contributed by atoms with Gasteiger partial charge in [0.2, 0.25) is 5.95 Å². The molecule has 2 heterocycles. The summed E-state index contributed by atoms with van der Waals surface area (Å²) >= 11 is 0. The maximum absolute atomic E-state index is 12.7. The van der Waals surface area contributed by atoms with Crippen molar-refractivity contribution in [2.45, 2.75) is 6.04 Å². The zero-order valence-electron chi connectivity index (χ0n) is 13.8. The number of benzene rings is 1. The van der Waals surface area contributed by atoms with Crippen LogP contribution in [0.15, 0.2) is 42.7 Å². The predicted molar refractivity (Wildman–Crippen MR) is 92.1 cm³/mol. The largest absolute Gasteiger partial charge is 0.377 e. The van der Waals surface area contributed by atoms with Crippen LogP contribution in [0.4, 0.5) is 16.4 Å². The van der Waals surface area contributed by atoms with Crippen LogP contribution in [0.2, 0.25) is 0 Å². The van der Waals surface area contributed by atoms with Gasteiger partial charge in [-0.15, -0.1) is 0 Å². The molecule has 1 aromatic carbocycles. The summed E-state index contributed by atoms with van der Waals surface area (Å²) in [6.07, 6.45) is 3.22. The average molecular weight is 327 g/mol. The zero-order valence-corrected chi connectivity index (χ0v) is 13.8. The molecule has 1 aliphatic rings. The topological polar surface area (TPSA) is 70.6 Å². The Morgan fingerprint density at radius 1 is 1.25 bits per heavy atom. The molecule has 3 rings (SSSR count). The van der Waals surface area contributed by atoms with Crippen molar-refractivity contribution < 1.29 is 9.53 Å². The Bertz CT molecular complexity index is 675. The highest BCUT2D eigenvalue weighted by Gasteiger charge is 2.28. The first kappa shape index (κ1) is 16.2. The van der Waals surface area contributed by atoms with Crippen LogP contribution >= 0.6 is 0 Å². The van der Waals surface area contributed by atoms with Gasteiger partial charge in [-0.3, -0.25) is 0 Å². The maximum Gasteiger partial charge on any atom is 0.322 e. The molecule has 24 heavy (non-hydrogen) atoms. The summed E-state index contributed by atoms with van der Waals surface area (Å²) < 4.78 is 5.56. The maximum atomic E-state index is 12.7. The number of hydrogen-bond acceptors (Lipinski definition) is 5. The Kier molecular flexibility index (Phi) is 4.90. The molecule has 1 fully saturated rings. The van der Waals surface area contributed by atoms with Crippen LogP contribution in [0, 0.1) is 0 Å². The van der Waals surface area contributed by atoms with Crippen molar-refractivity contribution in [3.8, 4) is 0 Å². The predicted octanol–water partition coefficient (Wildman–Crippen LogP) is 2.15. The summed E-state index contributed by atoms with van der Waals surface area (Å²) in [6.45, 7) is 1.57. The number of urea groups is 1. The number of morpholine rings is 1. The van der Waals surface area contributed by atoms with Crippen molar-refractivity contribution in [3.63, 3.8) is 0 Å². The third kappa shape index (κ3) is 3.62. The molecule has 0 radical (unpaired) electrons. The van der Waals surface area contributed by atoms with E-state index in [4.69, 9.17) is 4.74 Å². The second-order valence-electron chi connectivity index (χ2n) is 5.79. The molecular weight excluding hydrogens is 306 g/mol. The summed E-state index contributed by atoms with van der Waals surface area (Å²) in [5.41, 5.74) is 1.63. The fourth-order valence-electron chi connectivity index (χ4n) is 2.61. The smallest absolute Gasteiger partial charge is 0.322 e. The Morgan fingerprint density at radius 3 is 2.62 bits per heavy atom. The molecule has 2 amide bonds. The summed E-state index contributed by atoms with van der Waals surface area (Å²) in [4.78, 5) is 24.7. The lowest BCUT2D eigenvalue weighted by Gasteiger charge is -2.35. The number of aromatic nitrogens is 2. The van der Waals surface area contributed by atoms with E-state index in [2.05, 4.69) is 15.3 Å². The Balaban J connectivity index is 1.72. The molecule has 1 unspecified atom stereocenters. The minimum atomic E-state index is -0.173. The number of nitrogens with zero attached hydrogens (tertiary/aromatic N) is 4. The Hall–Kier alpha value is -2.67. The molecule has 0 saturated carbocycles. The van der Waals surface area contributed by atoms with Crippen molar-refractivity contribution >= 4 is 17.7 Å². The number of hydrogen-bond donors (Lipinski definition) is 1. The minimum Gasteiger partial charge on any atom is -0.377 e. The van der Waals surface area contributed by atoms with Crippen molar-refractivity contribution in [1.82, 2.24) is 14.9 Å². The number of rotatable bonds is 3. The first-order chi connectivity index (χ1) is 11.6. The van der Waals surface area contributed by atoms with Gasteiger partial charge in [-0.05, 0) is 5.56 Å². The zero-order chi connectivity index (χ0) is 16.9. The van der Waals surface area contributed by atoms with Gasteiger partial charge in [0.1, 0.15) is 0 Å². The van der Waals surface area contributed by atoms with Crippen LogP contribution in [0.3, 0.4) is 0 Å². The summed E-state index contributed by atoms with van der Waals surface area (Å²) in [7, 11) is 3.73. The minimum absolute atomic E-state index is 0.0954. The van der Waals surface area contributed by atoms with E-state index < -0.39 is 0 Å². The summed E-state index contributed by atoms with van der Waals surface area (Å²) in [5, 5.41) is 2.87. The lowest BCUT2D eigenvalue weighted by Crippen LogP contribution is -2.45. The molecule has 2 aromatic rings. The third-order valence-electron chi connectivity index (χ3n) is 3.86. The van der Waals surface area contributed by atoms with Crippen LogP contribution in [0.5, 0.6) is 0 Å². The number of nitrogens with one attached hydrogen (secondary N) is 1. The van der Waals surface area contributed by atoms with Gasteiger partial charge in [-0.2, -0.15) is 0 Å². The number of ether oxygens (including phenoxy) is 1. The Labute approximate surface area is 141 Å². The van der Waals surface area contributed by atoms with Crippen LogP contribution in [0.25, 0.3) is 0 Å². The van der Waals surface area contributed by atoms with Gasteiger partial charge in [-0.25, -0.2) is 14.8 Å². The van der Waals surface area contributed by atoms with E-state index in [1.807, 2.05) is 44.4 Å². The van der Waals surface area contributed by atoms with E-state index >= 15 is 0 Å². The van der Waals surface area contributed by atoms with E-state index in [-0.39, 0.29) is 12.1 Å². The van der Waals surface area contributed by atoms with Crippen molar-refractivity contribution in [1.29, 1.82) is 0 Å². The number of amides is 2. The normalized spacial score (nSPS) is 17.4. The van der Waals surface area contributed by atoms with Crippen LogP contribution in [0.1, 0.15) is 11.6 Å². The highest BCUT2D eigenvalue weighted by Crippen LogP contribution is 2.24. The molecule has 0 aliphatic carbocycles. The standard InChI is InChI=1S/C17H21N5O2/c1-21(2)16-18-10-14(11-19-16)20-17(23)22-8-9-24-12-15(22)13-6-4-3-5-7-13/h3-7,10-11,15H,8-9,12H2,1-2H3,(H,20,23). The average Bonchev–Trinajstić information content (AvgIpc) is 2.63. The summed E-state index contributed by atoms with van der Waals surface area (Å²) in [5.74, 6) is 0.599. The van der Waals surface area contributed by atoms with Crippen LogP contribution in [-0.4, -0.2) is 54.8 Å². The van der Waals surface area contributed by atoms with Gasteiger partial charge in [0.25, 0.3) is 0 Å². The first-order valence-corrected chi connectivity index (χ1v) is 7.85. The quantitative estimate of drug-likeness (QED) is 0.935. The van der Waals surface area contributed by atoms with Gasteiger partial charge >= 0.3 is 6.03 Å². The fraction of sp³-hybridized carbons (Fsp3) is 0.353. The van der Waals surface area contributed by atoms with E-state index in [0.717, 1.165) is 5.56 Å². The molecular formula is C17H21N5O2. The third-order valence-corrected chi connectivity index (χ3v) is 3.86. The van der Waals surface area contributed by atoms with Gasteiger partial charge in [0.05, 0.1) is 37.3 Å². The van der Waals surface area contributed by atoms with E-state index in [1.54, 1.807) is 22.2 Å². The second kappa shape index (κ2) is 7.27. The lowest BCUT2D eigenvalue weighted by atomic mass is 10.1. The molecule has 1 aromatic heterocycles. The molecule has 7 nitrogen and oxygen atoms in total. The molecule has 1 saturated heterocycles. The van der Waals surface area contributed by atoms with Crippen LogP contribution in [-0.2, 0) is 4.74 Å². The van der Waals surface area contributed by atoms with Gasteiger partial charge in [0, 0.05) is 20.6 Å². The molecule has 0 bridgehead atoms. The van der Waals surface area contributed by atoms with E-state index in [1.165, 1.54) is 0 Å². The van der Waals surface area contributed by atoms with E-state index in [9.17, 15) is 4.79 Å². The molecule has 0 spiro atoms. The highest BCUT2D eigenvalue weighted by molar-refractivity contribution is 5.89. The first-order valence-electron chi connectivity index (χ1n) is 7.85. The van der Waals surface area contributed by atoms with E-state index in [0.29, 0.717) is 31.4 Å².